The van der Waals surface area contributed by atoms with E-state index in [-0.39, 0.29) is 24.9 Å². The van der Waals surface area contributed by atoms with Crippen LogP contribution in [0.2, 0.25) is 0 Å². The molecule has 4 N–H and O–H groups in total. The summed E-state index contributed by atoms with van der Waals surface area (Å²) in [7, 11) is 0. The maximum absolute atomic E-state index is 13.3. The van der Waals surface area contributed by atoms with Gasteiger partial charge in [0.05, 0.1) is 6.04 Å². The van der Waals surface area contributed by atoms with Gasteiger partial charge < -0.3 is 21.1 Å². The van der Waals surface area contributed by atoms with Gasteiger partial charge in [-0.2, -0.15) is 11.8 Å². The Morgan fingerprint density at radius 3 is 2.06 bits per heavy atom. The maximum Gasteiger partial charge on any atom is 0.329 e. The van der Waals surface area contributed by atoms with E-state index in [1.165, 1.54) is 0 Å². The summed E-state index contributed by atoms with van der Waals surface area (Å²) in [5.74, 6) is -0.695. The van der Waals surface area contributed by atoms with Crippen molar-refractivity contribution in [3.8, 4) is 0 Å². The number of esters is 1. The lowest BCUT2D eigenvalue weighted by Crippen LogP contribution is -2.56. The SMILES string of the molecule is CC[C@H](C)[C@H](N)C(=O)N[C@@H](Cc1ccccc1)C(=O)N[C@@H](CCSC)C(=O)OCc1ccccc1. The first-order chi connectivity index (χ1) is 16.8. The van der Waals surface area contributed by atoms with Crippen LogP contribution in [0.1, 0.15) is 37.8 Å². The first kappa shape index (κ1) is 28.4. The largest absolute Gasteiger partial charge is 0.459 e. The van der Waals surface area contributed by atoms with Gasteiger partial charge >= 0.3 is 5.97 Å². The number of rotatable bonds is 14. The molecule has 0 heterocycles. The molecule has 8 heteroatoms. The van der Waals surface area contributed by atoms with Gasteiger partial charge in [-0.05, 0) is 35.5 Å². The zero-order valence-corrected chi connectivity index (χ0v) is 21.6. The first-order valence-electron chi connectivity index (χ1n) is 11.9. The Bertz CT molecular complexity index is 927. The Kier molecular flexibility index (Phi) is 12.3. The zero-order valence-electron chi connectivity index (χ0n) is 20.7. The lowest BCUT2D eigenvalue weighted by molar-refractivity contribution is -0.149. The summed E-state index contributed by atoms with van der Waals surface area (Å²) in [4.78, 5) is 38.9. The van der Waals surface area contributed by atoms with Crippen molar-refractivity contribution in [3.05, 3.63) is 71.8 Å². The van der Waals surface area contributed by atoms with E-state index in [1.54, 1.807) is 11.8 Å². The van der Waals surface area contributed by atoms with E-state index in [2.05, 4.69) is 10.6 Å². The predicted molar refractivity (Wildman–Crippen MR) is 141 cm³/mol. The molecule has 4 atom stereocenters. The second-order valence-electron chi connectivity index (χ2n) is 8.60. The third-order valence-electron chi connectivity index (χ3n) is 5.91. The fourth-order valence-electron chi connectivity index (χ4n) is 3.43. The number of benzene rings is 2. The van der Waals surface area contributed by atoms with Crippen LogP contribution in [0.15, 0.2) is 60.7 Å². The van der Waals surface area contributed by atoms with Crippen LogP contribution in [0.5, 0.6) is 0 Å². The molecule has 2 aromatic carbocycles. The number of hydrogen-bond acceptors (Lipinski definition) is 6. The highest BCUT2D eigenvalue weighted by molar-refractivity contribution is 7.98. The van der Waals surface area contributed by atoms with E-state index in [0.29, 0.717) is 12.2 Å². The van der Waals surface area contributed by atoms with Crippen molar-refractivity contribution in [1.82, 2.24) is 10.6 Å². The first-order valence-corrected chi connectivity index (χ1v) is 13.3. The summed E-state index contributed by atoms with van der Waals surface area (Å²) in [6.07, 6.45) is 3.37. The molecule has 0 saturated heterocycles. The molecule has 190 valence electrons. The molecule has 0 unspecified atom stereocenters. The number of nitrogens with one attached hydrogen (secondary N) is 2. The Morgan fingerprint density at radius 2 is 1.49 bits per heavy atom. The average Bonchev–Trinajstić information content (AvgIpc) is 2.89. The summed E-state index contributed by atoms with van der Waals surface area (Å²) in [6, 6.07) is 16.4. The molecule has 0 aliphatic heterocycles. The Morgan fingerprint density at radius 1 is 0.914 bits per heavy atom. The summed E-state index contributed by atoms with van der Waals surface area (Å²) in [5.41, 5.74) is 7.85. The van der Waals surface area contributed by atoms with Crippen molar-refractivity contribution in [2.24, 2.45) is 11.7 Å². The van der Waals surface area contributed by atoms with E-state index in [0.717, 1.165) is 17.5 Å². The van der Waals surface area contributed by atoms with Crippen LogP contribution in [0.3, 0.4) is 0 Å². The molecular formula is C27H37N3O4S. The Balaban J connectivity index is 2.13. The lowest BCUT2D eigenvalue weighted by atomic mass is 9.98. The van der Waals surface area contributed by atoms with Crippen LogP contribution in [0.4, 0.5) is 0 Å². The molecule has 0 aromatic heterocycles. The molecule has 35 heavy (non-hydrogen) atoms. The Hall–Kier alpha value is -2.84. The second kappa shape index (κ2) is 15.2. The van der Waals surface area contributed by atoms with Gasteiger partial charge in [0, 0.05) is 6.42 Å². The average molecular weight is 500 g/mol. The molecule has 0 radical (unpaired) electrons. The van der Waals surface area contributed by atoms with Crippen LogP contribution in [-0.2, 0) is 32.1 Å². The normalized spacial score (nSPS) is 14.3. The minimum Gasteiger partial charge on any atom is -0.459 e. The number of carbonyl (C=O) groups is 3. The number of amides is 2. The van der Waals surface area contributed by atoms with Crippen molar-refractivity contribution >= 4 is 29.5 Å². The van der Waals surface area contributed by atoms with E-state index < -0.39 is 30.0 Å². The van der Waals surface area contributed by atoms with Gasteiger partial charge in [-0.25, -0.2) is 4.79 Å². The molecule has 0 aliphatic rings. The predicted octanol–water partition coefficient (Wildman–Crippen LogP) is 3.07. The summed E-state index contributed by atoms with van der Waals surface area (Å²) in [5, 5.41) is 5.62. The lowest BCUT2D eigenvalue weighted by Gasteiger charge is -2.25. The minimum atomic E-state index is -0.876. The van der Waals surface area contributed by atoms with Gasteiger partial charge in [-0.1, -0.05) is 80.9 Å². The third kappa shape index (κ3) is 9.74. The van der Waals surface area contributed by atoms with Crippen molar-refractivity contribution in [3.63, 3.8) is 0 Å². The van der Waals surface area contributed by atoms with Crippen molar-refractivity contribution < 1.29 is 19.1 Å². The zero-order chi connectivity index (χ0) is 25.6. The molecule has 0 fully saturated rings. The smallest absolute Gasteiger partial charge is 0.329 e. The highest BCUT2D eigenvalue weighted by Gasteiger charge is 2.30. The number of ether oxygens (including phenoxy) is 1. The third-order valence-corrected chi connectivity index (χ3v) is 6.55. The van der Waals surface area contributed by atoms with Gasteiger partial charge in [0.2, 0.25) is 11.8 Å². The van der Waals surface area contributed by atoms with Gasteiger partial charge in [-0.15, -0.1) is 0 Å². The van der Waals surface area contributed by atoms with E-state index in [9.17, 15) is 14.4 Å². The summed E-state index contributed by atoms with van der Waals surface area (Å²) < 4.78 is 5.48. The van der Waals surface area contributed by atoms with Crippen molar-refractivity contribution in [2.45, 2.75) is 57.8 Å². The van der Waals surface area contributed by atoms with E-state index in [1.807, 2.05) is 80.8 Å². The molecule has 0 aliphatic carbocycles. The molecule has 2 amide bonds. The topological polar surface area (TPSA) is 111 Å². The molecular weight excluding hydrogens is 462 g/mol. The highest BCUT2D eigenvalue weighted by Crippen LogP contribution is 2.10. The van der Waals surface area contributed by atoms with Crippen LogP contribution in [-0.4, -0.2) is 47.9 Å². The molecule has 0 bridgehead atoms. The maximum atomic E-state index is 13.3. The van der Waals surface area contributed by atoms with Gasteiger partial charge in [0.1, 0.15) is 18.7 Å². The Labute approximate surface area is 212 Å². The second-order valence-corrected chi connectivity index (χ2v) is 9.58. The van der Waals surface area contributed by atoms with Crippen LogP contribution < -0.4 is 16.4 Å². The minimum absolute atomic E-state index is 0.0299. The monoisotopic (exact) mass is 499 g/mol. The standard InChI is InChI=1S/C27H37N3O4S/c1-4-19(2)24(28)26(32)30-23(17-20-11-7-5-8-12-20)25(31)29-22(15-16-35-3)27(33)34-18-21-13-9-6-10-14-21/h5-14,19,22-24H,4,15-18,28H2,1-3H3,(H,29,31)(H,30,32)/t19-,22-,23-,24-/m0/s1. The molecule has 2 rings (SSSR count). The molecule has 2 aromatic rings. The molecule has 7 nitrogen and oxygen atoms in total. The van der Waals surface area contributed by atoms with Gasteiger partial charge in [0.25, 0.3) is 0 Å². The quantitative estimate of drug-likeness (QED) is 0.345. The molecule has 0 saturated carbocycles. The fourth-order valence-corrected chi connectivity index (χ4v) is 3.90. The van der Waals surface area contributed by atoms with E-state index >= 15 is 0 Å². The van der Waals surface area contributed by atoms with Crippen molar-refractivity contribution in [2.75, 3.05) is 12.0 Å². The fraction of sp³-hybridized carbons (Fsp3) is 0.444. The van der Waals surface area contributed by atoms with Gasteiger partial charge in [0.15, 0.2) is 0 Å². The number of carbonyl (C=O) groups excluding carboxylic acids is 3. The van der Waals surface area contributed by atoms with E-state index in [4.69, 9.17) is 10.5 Å². The summed E-state index contributed by atoms with van der Waals surface area (Å²) in [6.45, 7) is 3.99. The van der Waals surface area contributed by atoms with Crippen LogP contribution >= 0.6 is 11.8 Å². The van der Waals surface area contributed by atoms with Gasteiger partial charge in [-0.3, -0.25) is 9.59 Å². The van der Waals surface area contributed by atoms with Crippen molar-refractivity contribution in [1.29, 1.82) is 0 Å². The number of thioether (sulfide) groups is 1. The summed E-state index contributed by atoms with van der Waals surface area (Å²) >= 11 is 1.57. The van der Waals surface area contributed by atoms with Crippen LogP contribution in [0.25, 0.3) is 0 Å². The van der Waals surface area contributed by atoms with Crippen LogP contribution in [0, 0.1) is 5.92 Å². The molecule has 0 spiro atoms. The highest BCUT2D eigenvalue weighted by atomic mass is 32.2. The number of nitrogens with two attached hydrogens (primary N) is 1. The number of hydrogen-bond donors (Lipinski definition) is 3.